The maximum absolute atomic E-state index is 6.11. The van der Waals surface area contributed by atoms with Crippen molar-refractivity contribution in [2.24, 2.45) is 11.7 Å². The number of benzene rings is 1. The van der Waals surface area contributed by atoms with Gasteiger partial charge in [-0.3, -0.25) is 0 Å². The number of nitrogens with two attached hydrogens (primary N) is 1. The van der Waals surface area contributed by atoms with E-state index in [1.54, 1.807) is 0 Å². The smallest absolute Gasteiger partial charge is 0.120 e. The molecule has 1 aliphatic carbocycles. The minimum atomic E-state index is 0.395. The van der Waals surface area contributed by atoms with Crippen LogP contribution in [0.25, 0.3) is 0 Å². The quantitative estimate of drug-likeness (QED) is 0.868. The standard InChI is InChI=1S/C15H23NO/c1-11-5-3-4-6-15(11)17-14-8-7-13(10-16)12(2)9-14/h7-9,11,15H,3-6,10,16H2,1-2H3. The van der Waals surface area contributed by atoms with Gasteiger partial charge in [-0.05, 0) is 55.4 Å². The normalized spacial score (nSPS) is 24.6. The van der Waals surface area contributed by atoms with Crippen LogP contribution in [0.1, 0.15) is 43.7 Å². The average molecular weight is 233 g/mol. The molecule has 0 spiro atoms. The minimum absolute atomic E-state index is 0.395. The Bertz CT molecular complexity index is 375. The van der Waals surface area contributed by atoms with Gasteiger partial charge in [-0.15, -0.1) is 0 Å². The second kappa shape index (κ2) is 5.54. The van der Waals surface area contributed by atoms with Gasteiger partial charge in [0.05, 0.1) is 0 Å². The molecule has 0 bridgehead atoms. The molecule has 1 fully saturated rings. The summed E-state index contributed by atoms with van der Waals surface area (Å²) in [4.78, 5) is 0. The minimum Gasteiger partial charge on any atom is -0.490 e. The van der Waals surface area contributed by atoms with Gasteiger partial charge in [0, 0.05) is 6.54 Å². The van der Waals surface area contributed by atoms with E-state index in [0.717, 1.165) is 5.75 Å². The van der Waals surface area contributed by atoms with Crippen molar-refractivity contribution < 1.29 is 4.74 Å². The van der Waals surface area contributed by atoms with Crippen LogP contribution in [0.15, 0.2) is 18.2 Å². The van der Waals surface area contributed by atoms with Crippen LogP contribution in [0.5, 0.6) is 5.75 Å². The molecule has 2 heteroatoms. The lowest BCUT2D eigenvalue weighted by Crippen LogP contribution is -2.28. The molecule has 0 saturated heterocycles. The molecule has 0 amide bonds. The summed E-state index contributed by atoms with van der Waals surface area (Å²) >= 11 is 0. The van der Waals surface area contributed by atoms with E-state index < -0.39 is 0 Å². The van der Waals surface area contributed by atoms with Gasteiger partial charge in [0.15, 0.2) is 0 Å². The Kier molecular flexibility index (Phi) is 4.06. The van der Waals surface area contributed by atoms with E-state index in [-0.39, 0.29) is 0 Å². The van der Waals surface area contributed by atoms with Crippen LogP contribution < -0.4 is 10.5 Å². The van der Waals surface area contributed by atoms with Crippen molar-refractivity contribution in [3.05, 3.63) is 29.3 Å². The number of hydrogen-bond donors (Lipinski definition) is 1. The molecule has 2 rings (SSSR count). The van der Waals surface area contributed by atoms with Crippen molar-refractivity contribution in [3.63, 3.8) is 0 Å². The van der Waals surface area contributed by atoms with Crippen LogP contribution in [0.2, 0.25) is 0 Å². The Hall–Kier alpha value is -1.02. The molecule has 1 aliphatic rings. The van der Waals surface area contributed by atoms with Crippen molar-refractivity contribution >= 4 is 0 Å². The topological polar surface area (TPSA) is 35.2 Å². The fourth-order valence-electron chi connectivity index (χ4n) is 2.60. The van der Waals surface area contributed by atoms with Gasteiger partial charge in [0.1, 0.15) is 11.9 Å². The third-order valence-corrected chi connectivity index (χ3v) is 3.85. The van der Waals surface area contributed by atoms with Crippen molar-refractivity contribution in [3.8, 4) is 5.75 Å². The molecule has 1 aromatic rings. The number of rotatable bonds is 3. The SMILES string of the molecule is Cc1cc(OC2CCCCC2C)ccc1CN. The summed E-state index contributed by atoms with van der Waals surface area (Å²) in [6, 6.07) is 6.25. The first kappa shape index (κ1) is 12.4. The van der Waals surface area contributed by atoms with Gasteiger partial charge in [-0.25, -0.2) is 0 Å². The van der Waals surface area contributed by atoms with Gasteiger partial charge in [0.25, 0.3) is 0 Å². The predicted octanol–water partition coefficient (Wildman–Crippen LogP) is 3.41. The molecular weight excluding hydrogens is 210 g/mol. The van der Waals surface area contributed by atoms with Crippen LogP contribution in [0, 0.1) is 12.8 Å². The Morgan fingerprint density at radius 1 is 1.29 bits per heavy atom. The van der Waals surface area contributed by atoms with E-state index in [1.165, 1.54) is 36.8 Å². The molecular formula is C15H23NO. The fraction of sp³-hybridized carbons (Fsp3) is 0.600. The Morgan fingerprint density at radius 3 is 2.71 bits per heavy atom. The Balaban J connectivity index is 2.05. The average Bonchev–Trinajstić information content (AvgIpc) is 2.32. The summed E-state index contributed by atoms with van der Waals surface area (Å²) in [5, 5.41) is 0. The van der Waals surface area contributed by atoms with Gasteiger partial charge >= 0.3 is 0 Å². The third-order valence-electron chi connectivity index (χ3n) is 3.85. The molecule has 2 nitrogen and oxygen atoms in total. The van der Waals surface area contributed by atoms with E-state index >= 15 is 0 Å². The Labute approximate surface area is 104 Å². The first-order chi connectivity index (χ1) is 8.20. The monoisotopic (exact) mass is 233 g/mol. The third kappa shape index (κ3) is 3.01. The second-order valence-electron chi connectivity index (χ2n) is 5.21. The lowest BCUT2D eigenvalue weighted by atomic mass is 9.88. The highest BCUT2D eigenvalue weighted by molar-refractivity contribution is 5.34. The summed E-state index contributed by atoms with van der Waals surface area (Å²) < 4.78 is 6.11. The van der Waals surface area contributed by atoms with Crippen molar-refractivity contribution in [1.29, 1.82) is 0 Å². The lowest BCUT2D eigenvalue weighted by molar-refractivity contribution is 0.102. The van der Waals surface area contributed by atoms with Gasteiger partial charge < -0.3 is 10.5 Å². The zero-order valence-corrected chi connectivity index (χ0v) is 10.9. The molecule has 1 aromatic carbocycles. The van der Waals surface area contributed by atoms with E-state index in [4.69, 9.17) is 10.5 Å². The highest BCUT2D eigenvalue weighted by atomic mass is 16.5. The van der Waals surface area contributed by atoms with Gasteiger partial charge in [-0.1, -0.05) is 19.4 Å². The van der Waals surface area contributed by atoms with E-state index in [2.05, 4.69) is 32.0 Å². The maximum atomic E-state index is 6.11. The van der Waals surface area contributed by atoms with Crippen LogP contribution in [-0.4, -0.2) is 6.10 Å². The number of aryl methyl sites for hydroxylation is 1. The van der Waals surface area contributed by atoms with E-state index in [0.29, 0.717) is 18.6 Å². The molecule has 0 heterocycles. The summed E-state index contributed by atoms with van der Waals surface area (Å²) in [5.41, 5.74) is 8.10. The summed E-state index contributed by atoms with van der Waals surface area (Å²) in [7, 11) is 0. The Morgan fingerprint density at radius 2 is 2.06 bits per heavy atom. The first-order valence-corrected chi connectivity index (χ1v) is 6.67. The van der Waals surface area contributed by atoms with Crippen LogP contribution in [0.4, 0.5) is 0 Å². The summed E-state index contributed by atoms with van der Waals surface area (Å²) in [6.07, 6.45) is 5.54. The van der Waals surface area contributed by atoms with Crippen molar-refractivity contribution in [1.82, 2.24) is 0 Å². The van der Waals surface area contributed by atoms with Crippen molar-refractivity contribution in [2.45, 2.75) is 52.2 Å². The van der Waals surface area contributed by atoms with Gasteiger partial charge in [-0.2, -0.15) is 0 Å². The summed E-state index contributed by atoms with van der Waals surface area (Å²) in [6.45, 7) is 5.00. The van der Waals surface area contributed by atoms with Crippen LogP contribution in [-0.2, 0) is 6.54 Å². The highest BCUT2D eigenvalue weighted by Gasteiger charge is 2.22. The second-order valence-corrected chi connectivity index (χ2v) is 5.21. The predicted molar refractivity (Wildman–Crippen MR) is 71.1 cm³/mol. The zero-order valence-electron chi connectivity index (χ0n) is 10.9. The number of hydrogen-bond acceptors (Lipinski definition) is 2. The highest BCUT2D eigenvalue weighted by Crippen LogP contribution is 2.28. The van der Waals surface area contributed by atoms with Crippen LogP contribution in [0.3, 0.4) is 0 Å². The van der Waals surface area contributed by atoms with Gasteiger partial charge in [0.2, 0.25) is 0 Å². The maximum Gasteiger partial charge on any atom is 0.120 e. The fourth-order valence-corrected chi connectivity index (χ4v) is 2.60. The largest absolute Gasteiger partial charge is 0.490 e. The molecule has 2 unspecified atom stereocenters. The molecule has 2 N–H and O–H groups in total. The molecule has 0 aromatic heterocycles. The van der Waals surface area contributed by atoms with E-state index in [1.807, 2.05) is 0 Å². The van der Waals surface area contributed by atoms with E-state index in [9.17, 15) is 0 Å². The zero-order chi connectivity index (χ0) is 12.3. The molecule has 17 heavy (non-hydrogen) atoms. The first-order valence-electron chi connectivity index (χ1n) is 6.67. The van der Waals surface area contributed by atoms with Crippen LogP contribution >= 0.6 is 0 Å². The molecule has 2 atom stereocenters. The molecule has 94 valence electrons. The van der Waals surface area contributed by atoms with Crippen molar-refractivity contribution in [2.75, 3.05) is 0 Å². The molecule has 0 aliphatic heterocycles. The molecule has 1 saturated carbocycles. The summed E-state index contributed by atoms with van der Waals surface area (Å²) in [5.74, 6) is 1.68. The molecule has 0 radical (unpaired) electrons. The lowest BCUT2D eigenvalue weighted by Gasteiger charge is -2.29. The number of ether oxygens (including phenoxy) is 1.